The van der Waals surface area contributed by atoms with E-state index in [1.807, 2.05) is 19.9 Å². The van der Waals surface area contributed by atoms with Gasteiger partial charge < -0.3 is 10.5 Å². The summed E-state index contributed by atoms with van der Waals surface area (Å²) in [4.78, 5) is 0. The quantitative estimate of drug-likeness (QED) is 0.887. The van der Waals surface area contributed by atoms with E-state index in [4.69, 9.17) is 10.5 Å². The minimum absolute atomic E-state index is 0.0605. The van der Waals surface area contributed by atoms with E-state index < -0.39 is 12.3 Å². The normalized spacial score (nSPS) is 13.5. The maximum Gasteiger partial charge on any atom is 0.425 e. The summed E-state index contributed by atoms with van der Waals surface area (Å²) in [5.74, 6) is 0.235. The number of rotatable bonds is 4. The van der Waals surface area contributed by atoms with Crippen molar-refractivity contribution in [2.24, 2.45) is 5.73 Å². The molecule has 2 N–H and O–H groups in total. The monoisotopic (exact) mass is 247 g/mol. The van der Waals surface area contributed by atoms with Gasteiger partial charge in [-0.2, -0.15) is 13.2 Å². The maximum absolute atomic E-state index is 12.6. The Labute approximate surface area is 98.6 Å². The van der Waals surface area contributed by atoms with Gasteiger partial charge in [0.2, 0.25) is 0 Å². The molecule has 0 saturated carbocycles. The molecule has 1 aromatic carbocycles. The number of halogens is 3. The molecule has 0 fully saturated rings. The molecule has 0 aliphatic heterocycles. The number of ether oxygens (including phenoxy) is 1. The van der Waals surface area contributed by atoms with Crippen LogP contribution in [-0.4, -0.2) is 18.8 Å². The zero-order valence-electron chi connectivity index (χ0n) is 9.84. The van der Waals surface area contributed by atoms with Gasteiger partial charge in [0.25, 0.3) is 0 Å². The Balaban J connectivity index is 2.86. The molecule has 2 nitrogen and oxygen atoms in total. The number of alkyl halides is 3. The molecular formula is C12H16F3NO. The van der Waals surface area contributed by atoms with Gasteiger partial charge >= 0.3 is 6.18 Å². The van der Waals surface area contributed by atoms with Gasteiger partial charge in [-0.1, -0.05) is 6.07 Å². The summed E-state index contributed by atoms with van der Waals surface area (Å²) >= 11 is 0. The van der Waals surface area contributed by atoms with Gasteiger partial charge in [-0.15, -0.1) is 0 Å². The lowest BCUT2D eigenvalue weighted by Gasteiger charge is -2.21. The largest absolute Gasteiger partial charge is 0.481 e. The van der Waals surface area contributed by atoms with E-state index in [0.29, 0.717) is 0 Å². The summed E-state index contributed by atoms with van der Waals surface area (Å²) in [5.41, 5.74) is 6.90. The standard InChI is InChI=1S/C12H16F3NO/c1-8-5-9(2)7-10(6-8)17-11(3-4-16)12(13,14)15/h5-7,11H,3-4,16H2,1-2H3. The van der Waals surface area contributed by atoms with Crippen molar-refractivity contribution in [2.75, 3.05) is 6.54 Å². The highest BCUT2D eigenvalue weighted by molar-refractivity contribution is 5.33. The van der Waals surface area contributed by atoms with Crippen LogP contribution < -0.4 is 10.5 Å². The second-order valence-corrected chi connectivity index (χ2v) is 4.05. The van der Waals surface area contributed by atoms with Crippen LogP contribution in [0.1, 0.15) is 17.5 Å². The van der Waals surface area contributed by atoms with Crippen LogP contribution in [0, 0.1) is 13.8 Å². The van der Waals surface area contributed by atoms with Gasteiger partial charge in [0, 0.05) is 6.42 Å². The van der Waals surface area contributed by atoms with Crippen LogP contribution in [0.4, 0.5) is 13.2 Å². The third-order valence-corrected chi connectivity index (χ3v) is 2.27. The molecule has 1 aromatic rings. The van der Waals surface area contributed by atoms with Gasteiger partial charge in [0.15, 0.2) is 6.10 Å². The van der Waals surface area contributed by atoms with Gasteiger partial charge in [-0.3, -0.25) is 0 Å². The molecule has 0 aliphatic rings. The Kier molecular flexibility index (Phi) is 4.40. The highest BCUT2D eigenvalue weighted by Crippen LogP contribution is 2.28. The van der Waals surface area contributed by atoms with Crippen molar-refractivity contribution in [1.82, 2.24) is 0 Å². The SMILES string of the molecule is Cc1cc(C)cc(OC(CCN)C(F)(F)F)c1. The van der Waals surface area contributed by atoms with Crippen molar-refractivity contribution in [3.8, 4) is 5.75 Å². The zero-order valence-corrected chi connectivity index (χ0v) is 9.84. The van der Waals surface area contributed by atoms with Crippen LogP contribution in [0.25, 0.3) is 0 Å². The summed E-state index contributed by atoms with van der Waals surface area (Å²) in [6.45, 7) is 3.56. The molecule has 0 spiro atoms. The lowest BCUT2D eigenvalue weighted by Crippen LogP contribution is -2.36. The van der Waals surface area contributed by atoms with Crippen LogP contribution in [0.5, 0.6) is 5.75 Å². The first-order valence-corrected chi connectivity index (χ1v) is 5.34. The number of benzene rings is 1. The fourth-order valence-corrected chi connectivity index (χ4v) is 1.61. The molecule has 0 amide bonds. The first-order valence-electron chi connectivity index (χ1n) is 5.34. The molecule has 0 saturated heterocycles. The summed E-state index contributed by atoms with van der Waals surface area (Å²) in [6.07, 6.45) is -6.47. The van der Waals surface area contributed by atoms with Crippen LogP contribution in [0.3, 0.4) is 0 Å². The first-order chi connectivity index (χ1) is 7.82. The summed E-state index contributed by atoms with van der Waals surface area (Å²) in [6, 6.07) is 5.04. The Hall–Kier alpha value is -1.23. The Morgan fingerprint density at radius 1 is 1.18 bits per heavy atom. The zero-order chi connectivity index (χ0) is 13.1. The molecule has 0 aromatic heterocycles. The van der Waals surface area contributed by atoms with Crippen molar-refractivity contribution < 1.29 is 17.9 Å². The smallest absolute Gasteiger partial charge is 0.425 e. The molecule has 5 heteroatoms. The van der Waals surface area contributed by atoms with Crippen LogP contribution in [0.2, 0.25) is 0 Å². The van der Waals surface area contributed by atoms with Crippen molar-refractivity contribution >= 4 is 0 Å². The maximum atomic E-state index is 12.6. The molecule has 96 valence electrons. The summed E-state index contributed by atoms with van der Waals surface area (Å²) < 4.78 is 42.8. The minimum Gasteiger partial charge on any atom is -0.481 e. The number of nitrogens with two attached hydrogens (primary N) is 1. The fraction of sp³-hybridized carbons (Fsp3) is 0.500. The summed E-state index contributed by atoms with van der Waals surface area (Å²) in [5, 5.41) is 0. The molecule has 17 heavy (non-hydrogen) atoms. The van der Waals surface area contributed by atoms with Crippen LogP contribution in [-0.2, 0) is 0 Å². The Morgan fingerprint density at radius 2 is 1.71 bits per heavy atom. The highest BCUT2D eigenvalue weighted by Gasteiger charge is 2.41. The van der Waals surface area contributed by atoms with Gasteiger partial charge in [0.1, 0.15) is 5.75 Å². The average Bonchev–Trinajstić information content (AvgIpc) is 2.13. The van der Waals surface area contributed by atoms with E-state index in [-0.39, 0.29) is 18.7 Å². The number of aryl methyl sites for hydroxylation is 2. The number of hydrogen-bond donors (Lipinski definition) is 1. The van der Waals surface area contributed by atoms with Gasteiger partial charge in [0.05, 0.1) is 0 Å². The van der Waals surface area contributed by atoms with Crippen molar-refractivity contribution in [1.29, 1.82) is 0 Å². The van der Waals surface area contributed by atoms with Crippen LogP contribution >= 0.6 is 0 Å². The van der Waals surface area contributed by atoms with Crippen molar-refractivity contribution in [3.05, 3.63) is 29.3 Å². The molecule has 0 bridgehead atoms. The van der Waals surface area contributed by atoms with Crippen molar-refractivity contribution in [2.45, 2.75) is 32.5 Å². The number of hydrogen-bond acceptors (Lipinski definition) is 2. The molecule has 0 heterocycles. The predicted octanol–water partition coefficient (Wildman–Crippen LogP) is 2.96. The van der Waals surface area contributed by atoms with Gasteiger partial charge in [-0.25, -0.2) is 0 Å². The molecule has 1 rings (SSSR count). The van der Waals surface area contributed by atoms with E-state index in [1.54, 1.807) is 12.1 Å². The third-order valence-electron chi connectivity index (χ3n) is 2.27. The molecule has 1 unspecified atom stereocenters. The first kappa shape index (κ1) is 13.8. The second kappa shape index (κ2) is 5.40. The van der Waals surface area contributed by atoms with Crippen molar-refractivity contribution in [3.63, 3.8) is 0 Å². The van der Waals surface area contributed by atoms with E-state index in [2.05, 4.69) is 0 Å². The average molecular weight is 247 g/mol. The topological polar surface area (TPSA) is 35.2 Å². The third kappa shape index (κ3) is 4.26. The Bertz CT molecular complexity index is 356. The second-order valence-electron chi connectivity index (χ2n) is 4.05. The molecular weight excluding hydrogens is 231 g/mol. The van der Waals surface area contributed by atoms with Crippen LogP contribution in [0.15, 0.2) is 18.2 Å². The van der Waals surface area contributed by atoms with E-state index in [1.165, 1.54) is 0 Å². The highest BCUT2D eigenvalue weighted by atomic mass is 19.4. The Morgan fingerprint density at radius 3 is 2.12 bits per heavy atom. The minimum atomic E-state index is -4.39. The fourth-order valence-electron chi connectivity index (χ4n) is 1.61. The van der Waals surface area contributed by atoms with Gasteiger partial charge in [-0.05, 0) is 43.7 Å². The van der Waals surface area contributed by atoms with E-state index in [0.717, 1.165) is 11.1 Å². The molecule has 1 atom stereocenters. The summed E-state index contributed by atoms with van der Waals surface area (Å²) in [7, 11) is 0. The van der Waals surface area contributed by atoms with E-state index in [9.17, 15) is 13.2 Å². The lowest BCUT2D eigenvalue weighted by molar-refractivity contribution is -0.196. The lowest BCUT2D eigenvalue weighted by atomic mass is 10.1. The predicted molar refractivity (Wildman–Crippen MR) is 60.1 cm³/mol. The molecule has 0 aliphatic carbocycles. The van der Waals surface area contributed by atoms with E-state index >= 15 is 0 Å². The molecule has 0 radical (unpaired) electrons.